The zero-order chi connectivity index (χ0) is 23.0. The lowest BCUT2D eigenvalue weighted by Gasteiger charge is -2.24. The highest BCUT2D eigenvalue weighted by atomic mass is 79.9. The van der Waals surface area contributed by atoms with Crippen molar-refractivity contribution in [3.8, 4) is 0 Å². The van der Waals surface area contributed by atoms with E-state index in [2.05, 4.69) is 15.9 Å². The van der Waals surface area contributed by atoms with Gasteiger partial charge in [0.15, 0.2) is 0 Å². The van der Waals surface area contributed by atoms with Gasteiger partial charge in [-0.1, -0.05) is 84.8 Å². The molecule has 6 heteroatoms. The minimum Gasteiger partial charge on any atom is -0.460 e. The van der Waals surface area contributed by atoms with Gasteiger partial charge in [0.25, 0.3) is 0 Å². The molecule has 176 valence electrons. The molecule has 0 aromatic heterocycles. The minimum atomic E-state index is -0.537. The molecule has 0 saturated heterocycles. The number of hydroxylamine groups is 2. The van der Waals surface area contributed by atoms with Crippen LogP contribution in [-0.2, 0) is 25.8 Å². The summed E-state index contributed by atoms with van der Waals surface area (Å²) in [6, 6.07) is 9.72. The van der Waals surface area contributed by atoms with Crippen LogP contribution in [0.25, 0.3) is 0 Å². The normalized spacial score (nSPS) is 11.4. The molecular weight excluding hydrogens is 458 g/mol. The third-order valence-electron chi connectivity index (χ3n) is 4.72. The maximum atomic E-state index is 12.7. The summed E-state index contributed by atoms with van der Waals surface area (Å²) in [5.74, 6) is -0.398. The van der Waals surface area contributed by atoms with E-state index in [0.717, 1.165) is 30.2 Å². The van der Waals surface area contributed by atoms with Gasteiger partial charge in [-0.15, -0.1) is 0 Å². The van der Waals surface area contributed by atoms with Crippen molar-refractivity contribution in [1.82, 2.24) is 5.06 Å². The predicted molar refractivity (Wildman–Crippen MR) is 129 cm³/mol. The molecule has 1 amide bonds. The van der Waals surface area contributed by atoms with Crippen LogP contribution in [0.5, 0.6) is 0 Å². The van der Waals surface area contributed by atoms with E-state index in [-0.39, 0.29) is 24.8 Å². The molecular formula is C25H40BrNO4. The Labute approximate surface area is 196 Å². The van der Waals surface area contributed by atoms with Crippen molar-refractivity contribution in [2.45, 2.75) is 97.2 Å². The van der Waals surface area contributed by atoms with Crippen molar-refractivity contribution in [3.05, 3.63) is 35.9 Å². The van der Waals surface area contributed by atoms with E-state index < -0.39 is 5.60 Å². The summed E-state index contributed by atoms with van der Waals surface area (Å²) < 4.78 is 5.36. The largest absolute Gasteiger partial charge is 0.460 e. The van der Waals surface area contributed by atoms with Crippen molar-refractivity contribution in [1.29, 1.82) is 0 Å². The lowest BCUT2D eigenvalue weighted by Crippen LogP contribution is -2.34. The number of hydrogen-bond donors (Lipinski definition) is 0. The molecule has 0 heterocycles. The van der Waals surface area contributed by atoms with Gasteiger partial charge in [-0.2, -0.15) is 0 Å². The number of unbranched alkanes of at least 4 members (excludes halogenated alkanes) is 7. The molecule has 1 rings (SSSR count). The van der Waals surface area contributed by atoms with Gasteiger partial charge in [-0.25, -0.2) is 5.06 Å². The topological polar surface area (TPSA) is 55.8 Å². The van der Waals surface area contributed by atoms with Crippen LogP contribution in [0.1, 0.15) is 90.5 Å². The first-order chi connectivity index (χ1) is 14.8. The van der Waals surface area contributed by atoms with E-state index in [4.69, 9.17) is 9.57 Å². The standard InChI is InChI=1S/C25H40BrNO4/c1-25(2,3)31-24(29)18-20-27(30-21-22-15-11-10-12-16-22)23(28)17-13-8-6-4-5-7-9-14-19-26/h10-12,15-16H,4-9,13-14,17-21H2,1-3H3. The maximum absolute atomic E-state index is 12.7. The number of amides is 1. The average molecular weight is 499 g/mol. The summed E-state index contributed by atoms with van der Waals surface area (Å²) >= 11 is 3.46. The van der Waals surface area contributed by atoms with Crippen LogP contribution in [0.3, 0.4) is 0 Å². The Hall–Kier alpha value is -1.40. The van der Waals surface area contributed by atoms with E-state index in [1.54, 1.807) is 0 Å². The van der Waals surface area contributed by atoms with Gasteiger partial charge in [0, 0.05) is 11.8 Å². The molecule has 0 spiro atoms. The molecule has 0 aliphatic carbocycles. The molecule has 5 nitrogen and oxygen atoms in total. The van der Waals surface area contributed by atoms with Gasteiger partial charge in [-0.05, 0) is 39.2 Å². The lowest BCUT2D eigenvalue weighted by atomic mass is 10.1. The summed E-state index contributed by atoms with van der Waals surface area (Å²) in [4.78, 5) is 30.6. The quantitative estimate of drug-likeness (QED) is 0.112. The summed E-state index contributed by atoms with van der Waals surface area (Å²) in [5.41, 5.74) is 0.447. The van der Waals surface area contributed by atoms with Gasteiger partial charge in [0.05, 0.1) is 13.0 Å². The molecule has 0 unspecified atom stereocenters. The Kier molecular flexibility index (Phi) is 14.5. The number of alkyl halides is 1. The van der Waals surface area contributed by atoms with Crippen molar-refractivity contribution in [2.75, 3.05) is 11.9 Å². The molecule has 0 saturated carbocycles. The second-order valence-electron chi connectivity index (χ2n) is 8.86. The Morgan fingerprint density at radius 3 is 2.03 bits per heavy atom. The van der Waals surface area contributed by atoms with E-state index >= 15 is 0 Å². The maximum Gasteiger partial charge on any atom is 0.308 e. The Morgan fingerprint density at radius 2 is 1.45 bits per heavy atom. The predicted octanol–water partition coefficient (Wildman–Crippen LogP) is 6.58. The van der Waals surface area contributed by atoms with Crippen molar-refractivity contribution in [2.24, 2.45) is 0 Å². The lowest BCUT2D eigenvalue weighted by molar-refractivity contribution is -0.194. The first kappa shape index (κ1) is 27.6. The van der Waals surface area contributed by atoms with Gasteiger partial charge in [-0.3, -0.25) is 14.4 Å². The number of rotatable bonds is 16. The fourth-order valence-electron chi connectivity index (χ4n) is 3.13. The number of hydrogen-bond acceptors (Lipinski definition) is 4. The first-order valence-corrected chi connectivity index (χ1v) is 12.7. The molecule has 0 N–H and O–H groups in total. The SMILES string of the molecule is CC(C)(C)OC(=O)CCN(OCc1ccccc1)C(=O)CCCCCCCCCCBr. The zero-order valence-corrected chi connectivity index (χ0v) is 21.1. The van der Waals surface area contributed by atoms with Gasteiger partial charge in [0.1, 0.15) is 12.2 Å². The van der Waals surface area contributed by atoms with Crippen molar-refractivity contribution >= 4 is 27.8 Å². The van der Waals surface area contributed by atoms with E-state index in [1.807, 2.05) is 51.1 Å². The summed E-state index contributed by atoms with van der Waals surface area (Å²) in [6.45, 7) is 6.01. The molecule has 0 aliphatic heterocycles. The number of esters is 1. The van der Waals surface area contributed by atoms with Crippen LogP contribution in [-0.4, -0.2) is 34.4 Å². The summed E-state index contributed by atoms with van der Waals surface area (Å²) in [5, 5.41) is 2.43. The second kappa shape index (κ2) is 16.3. The van der Waals surface area contributed by atoms with Crippen LogP contribution >= 0.6 is 15.9 Å². The van der Waals surface area contributed by atoms with Gasteiger partial charge >= 0.3 is 5.97 Å². The minimum absolute atomic E-state index is 0.0724. The zero-order valence-electron chi connectivity index (χ0n) is 19.5. The molecule has 1 aromatic carbocycles. The highest BCUT2D eigenvalue weighted by molar-refractivity contribution is 9.09. The highest BCUT2D eigenvalue weighted by Crippen LogP contribution is 2.13. The van der Waals surface area contributed by atoms with Crippen LogP contribution in [0.15, 0.2) is 30.3 Å². The third-order valence-corrected chi connectivity index (χ3v) is 5.28. The van der Waals surface area contributed by atoms with E-state index in [0.29, 0.717) is 13.0 Å². The molecule has 1 aromatic rings. The van der Waals surface area contributed by atoms with Gasteiger partial charge in [0.2, 0.25) is 5.91 Å². The number of carbonyl (C=O) groups excluding carboxylic acids is 2. The number of benzene rings is 1. The van der Waals surface area contributed by atoms with E-state index in [1.165, 1.54) is 37.2 Å². The van der Waals surface area contributed by atoms with Gasteiger partial charge < -0.3 is 4.74 Å². The second-order valence-corrected chi connectivity index (χ2v) is 9.65. The number of ether oxygens (including phenoxy) is 1. The van der Waals surface area contributed by atoms with Crippen LogP contribution in [0.4, 0.5) is 0 Å². The molecule has 0 radical (unpaired) electrons. The first-order valence-electron chi connectivity index (χ1n) is 11.6. The summed E-state index contributed by atoms with van der Waals surface area (Å²) in [7, 11) is 0. The highest BCUT2D eigenvalue weighted by Gasteiger charge is 2.20. The molecule has 0 aliphatic rings. The van der Waals surface area contributed by atoms with Crippen LogP contribution in [0, 0.1) is 0 Å². The van der Waals surface area contributed by atoms with Crippen molar-refractivity contribution < 1.29 is 19.2 Å². The molecule has 0 bridgehead atoms. The Morgan fingerprint density at radius 1 is 0.871 bits per heavy atom. The Bertz CT molecular complexity index is 616. The van der Waals surface area contributed by atoms with Crippen molar-refractivity contribution in [3.63, 3.8) is 0 Å². The number of nitrogens with zero attached hydrogens (tertiary/aromatic N) is 1. The van der Waals surface area contributed by atoms with Crippen LogP contribution in [0.2, 0.25) is 0 Å². The fourth-order valence-corrected chi connectivity index (χ4v) is 3.53. The fraction of sp³-hybridized carbons (Fsp3) is 0.680. The molecule has 0 fully saturated rings. The number of carbonyl (C=O) groups is 2. The van der Waals surface area contributed by atoms with E-state index in [9.17, 15) is 9.59 Å². The smallest absolute Gasteiger partial charge is 0.308 e. The third kappa shape index (κ3) is 15.1. The summed E-state index contributed by atoms with van der Waals surface area (Å²) in [6.07, 6.45) is 9.92. The Balaban J connectivity index is 2.40. The van der Waals surface area contributed by atoms with Crippen LogP contribution < -0.4 is 0 Å². The molecule has 0 atom stereocenters. The molecule has 31 heavy (non-hydrogen) atoms. The number of halogens is 1. The average Bonchev–Trinajstić information content (AvgIpc) is 2.72. The monoisotopic (exact) mass is 497 g/mol.